The van der Waals surface area contributed by atoms with Crippen LogP contribution in [0.25, 0.3) is 6.08 Å². The standard InChI is InChI=1S/C18H25N2O3P/c1-3-16-8-10-17(11-9-16)14-19-22-12-6-4-5-7-13-23-20-15(2)18(21)24/h3,8-11,14H,1,4-7,12-13,24H2,2H3/b19-14?,20-15-. The third-order valence-electron chi connectivity index (χ3n) is 3.23. The van der Waals surface area contributed by atoms with Gasteiger partial charge in [-0.05, 0) is 43.7 Å². The SMILES string of the molecule is C=Cc1ccc(C=NOCCCCCCO/N=C(/C)C(=O)P)cc1. The maximum Gasteiger partial charge on any atom is 0.195 e. The Morgan fingerprint density at radius 2 is 1.67 bits per heavy atom. The molecule has 0 N–H and O–H groups in total. The Bertz CT molecular complexity index is 568. The molecule has 0 saturated heterocycles. The highest BCUT2D eigenvalue weighted by Crippen LogP contribution is 2.04. The van der Waals surface area contributed by atoms with E-state index in [9.17, 15) is 4.79 Å². The first kappa shape index (κ1) is 20.0. The molecule has 0 fully saturated rings. The van der Waals surface area contributed by atoms with E-state index in [1.54, 1.807) is 19.2 Å². The lowest BCUT2D eigenvalue weighted by atomic mass is 10.1. The van der Waals surface area contributed by atoms with E-state index in [0.717, 1.165) is 36.8 Å². The summed E-state index contributed by atoms with van der Waals surface area (Å²) in [5, 5.41) is 7.67. The van der Waals surface area contributed by atoms with Gasteiger partial charge in [0.1, 0.15) is 18.9 Å². The van der Waals surface area contributed by atoms with Crippen molar-refractivity contribution >= 4 is 32.8 Å². The number of oxime groups is 2. The third-order valence-corrected chi connectivity index (χ3v) is 3.65. The fourth-order valence-electron chi connectivity index (χ4n) is 1.74. The van der Waals surface area contributed by atoms with Crippen LogP contribution < -0.4 is 0 Å². The average molecular weight is 348 g/mol. The smallest absolute Gasteiger partial charge is 0.195 e. The van der Waals surface area contributed by atoms with Gasteiger partial charge in [0.05, 0.1) is 6.21 Å². The molecule has 24 heavy (non-hydrogen) atoms. The molecule has 1 aromatic carbocycles. The van der Waals surface area contributed by atoms with E-state index in [2.05, 4.69) is 26.1 Å². The van der Waals surface area contributed by atoms with E-state index in [-0.39, 0.29) is 5.52 Å². The molecule has 6 heteroatoms. The second kappa shape index (κ2) is 12.4. The van der Waals surface area contributed by atoms with Crippen LogP contribution >= 0.6 is 9.24 Å². The summed E-state index contributed by atoms with van der Waals surface area (Å²) in [6.45, 7) is 6.46. The normalized spacial score (nSPS) is 11.5. The molecule has 1 rings (SSSR count). The maximum absolute atomic E-state index is 10.9. The fourth-order valence-corrected chi connectivity index (χ4v) is 1.80. The van der Waals surface area contributed by atoms with E-state index < -0.39 is 0 Å². The number of rotatable bonds is 12. The molecule has 0 aliphatic carbocycles. The quantitative estimate of drug-likeness (QED) is 0.248. The van der Waals surface area contributed by atoms with Crippen LogP contribution in [0.4, 0.5) is 0 Å². The van der Waals surface area contributed by atoms with Crippen molar-refractivity contribution in [2.24, 2.45) is 10.3 Å². The van der Waals surface area contributed by atoms with Crippen LogP contribution in [0.1, 0.15) is 43.7 Å². The number of hydrogen-bond acceptors (Lipinski definition) is 5. The predicted octanol–water partition coefficient (Wildman–Crippen LogP) is 4.03. The van der Waals surface area contributed by atoms with Crippen molar-refractivity contribution in [1.29, 1.82) is 0 Å². The average Bonchev–Trinajstić information content (AvgIpc) is 2.59. The van der Waals surface area contributed by atoms with Crippen LogP contribution in [-0.4, -0.2) is 30.7 Å². The zero-order chi connectivity index (χ0) is 17.6. The first-order valence-electron chi connectivity index (χ1n) is 7.97. The van der Waals surface area contributed by atoms with Gasteiger partial charge in [-0.15, -0.1) is 0 Å². The summed E-state index contributed by atoms with van der Waals surface area (Å²) in [5.74, 6) is 0. The molecule has 1 atom stereocenters. The predicted molar refractivity (Wildman–Crippen MR) is 102 cm³/mol. The Morgan fingerprint density at radius 3 is 2.25 bits per heavy atom. The summed E-state index contributed by atoms with van der Waals surface area (Å²) < 4.78 is 0. The molecule has 0 bridgehead atoms. The van der Waals surface area contributed by atoms with E-state index in [0.29, 0.717) is 18.9 Å². The number of nitrogens with zero attached hydrogens (tertiary/aromatic N) is 2. The van der Waals surface area contributed by atoms with E-state index >= 15 is 0 Å². The van der Waals surface area contributed by atoms with Crippen LogP contribution in [0.15, 0.2) is 41.2 Å². The highest BCUT2D eigenvalue weighted by molar-refractivity contribution is 7.45. The first-order chi connectivity index (χ1) is 11.6. The molecule has 1 aromatic rings. The van der Waals surface area contributed by atoms with Crippen molar-refractivity contribution < 1.29 is 14.5 Å². The molecular weight excluding hydrogens is 323 g/mol. The molecule has 1 unspecified atom stereocenters. The molecular formula is C18H25N2O3P. The molecule has 0 radical (unpaired) electrons. The molecule has 0 spiro atoms. The molecule has 0 aliphatic rings. The van der Waals surface area contributed by atoms with Crippen LogP contribution in [0.2, 0.25) is 0 Å². The van der Waals surface area contributed by atoms with E-state index in [1.165, 1.54) is 0 Å². The van der Waals surface area contributed by atoms with Gasteiger partial charge in [0.2, 0.25) is 0 Å². The van der Waals surface area contributed by atoms with Crippen molar-refractivity contribution in [3.05, 3.63) is 42.0 Å². The molecule has 0 aliphatic heterocycles. The minimum absolute atomic E-state index is 0.149. The third kappa shape index (κ3) is 9.21. The van der Waals surface area contributed by atoms with E-state index in [1.807, 2.05) is 24.3 Å². The van der Waals surface area contributed by atoms with Crippen molar-refractivity contribution in [1.82, 2.24) is 0 Å². The van der Waals surface area contributed by atoms with Gasteiger partial charge in [0.15, 0.2) is 5.52 Å². The number of carbonyl (C=O) groups excluding carboxylic acids is 1. The minimum atomic E-state index is -0.149. The highest BCUT2D eigenvalue weighted by atomic mass is 31.0. The van der Waals surface area contributed by atoms with Gasteiger partial charge in [0, 0.05) is 0 Å². The van der Waals surface area contributed by atoms with Crippen LogP contribution in [0.5, 0.6) is 0 Å². The van der Waals surface area contributed by atoms with Crippen LogP contribution in [0, 0.1) is 0 Å². The Balaban J connectivity index is 2.00. The lowest BCUT2D eigenvalue weighted by Gasteiger charge is -2.01. The zero-order valence-corrected chi connectivity index (χ0v) is 15.3. The minimum Gasteiger partial charge on any atom is -0.396 e. The lowest BCUT2D eigenvalue weighted by molar-refractivity contribution is -0.105. The van der Waals surface area contributed by atoms with Crippen LogP contribution in [-0.2, 0) is 14.5 Å². The molecule has 5 nitrogen and oxygen atoms in total. The Labute approximate surface area is 146 Å². The van der Waals surface area contributed by atoms with Crippen molar-refractivity contribution in [3.8, 4) is 0 Å². The van der Waals surface area contributed by atoms with Gasteiger partial charge in [0.25, 0.3) is 0 Å². The Hall–Kier alpha value is -2.00. The van der Waals surface area contributed by atoms with Crippen molar-refractivity contribution in [2.75, 3.05) is 13.2 Å². The highest BCUT2D eigenvalue weighted by Gasteiger charge is 1.97. The van der Waals surface area contributed by atoms with E-state index in [4.69, 9.17) is 9.68 Å². The lowest BCUT2D eigenvalue weighted by Crippen LogP contribution is -2.02. The van der Waals surface area contributed by atoms with Crippen molar-refractivity contribution in [3.63, 3.8) is 0 Å². The van der Waals surface area contributed by atoms with Gasteiger partial charge >= 0.3 is 0 Å². The molecule has 0 aromatic heterocycles. The topological polar surface area (TPSA) is 60.2 Å². The summed E-state index contributed by atoms with van der Waals surface area (Å²) in [5.41, 5.74) is 2.30. The number of carbonyl (C=O) groups is 1. The first-order valence-corrected chi connectivity index (χ1v) is 8.55. The van der Waals surface area contributed by atoms with Gasteiger partial charge in [-0.25, -0.2) is 0 Å². The monoisotopic (exact) mass is 348 g/mol. The summed E-state index contributed by atoms with van der Waals surface area (Å²) in [6, 6.07) is 7.91. The number of benzene rings is 1. The maximum atomic E-state index is 10.9. The van der Waals surface area contributed by atoms with Gasteiger partial charge in [-0.2, -0.15) is 0 Å². The summed E-state index contributed by atoms with van der Waals surface area (Å²) in [7, 11) is 2.07. The van der Waals surface area contributed by atoms with Gasteiger partial charge < -0.3 is 9.68 Å². The fraction of sp³-hybridized carbons (Fsp3) is 0.389. The van der Waals surface area contributed by atoms with Gasteiger partial charge in [-0.1, -0.05) is 56.5 Å². The number of unbranched alkanes of at least 4 members (excludes halogenated alkanes) is 3. The molecule has 0 heterocycles. The zero-order valence-electron chi connectivity index (χ0n) is 14.1. The second-order valence-corrected chi connectivity index (χ2v) is 5.75. The summed E-state index contributed by atoms with van der Waals surface area (Å²) in [6.07, 6.45) is 7.42. The molecule has 0 saturated carbocycles. The largest absolute Gasteiger partial charge is 0.396 e. The van der Waals surface area contributed by atoms with Crippen LogP contribution in [0.3, 0.4) is 0 Å². The Kier molecular flexibility index (Phi) is 10.4. The second-order valence-electron chi connectivity index (χ2n) is 5.23. The molecule has 0 amide bonds. The Morgan fingerprint density at radius 1 is 1.08 bits per heavy atom. The number of hydrogen-bond donors (Lipinski definition) is 0. The molecule has 130 valence electrons. The summed E-state index contributed by atoms with van der Waals surface area (Å²) >= 11 is 0. The van der Waals surface area contributed by atoms with Crippen molar-refractivity contribution in [2.45, 2.75) is 32.6 Å². The van der Waals surface area contributed by atoms with Gasteiger partial charge in [-0.3, -0.25) is 4.79 Å². The summed E-state index contributed by atoms with van der Waals surface area (Å²) in [4.78, 5) is 21.2.